The van der Waals surface area contributed by atoms with E-state index in [-0.39, 0.29) is 0 Å². The molecule has 4 heterocycles. The summed E-state index contributed by atoms with van der Waals surface area (Å²) < 4.78 is 15.5. The Morgan fingerprint density at radius 1 is 0.373 bits per heavy atom. The SMILES string of the molecule is c1ccc(-c2nc(-c3ccc4c(c3)oc3ccccc34)nc(-c3ccc(-c4ccc5sc6ccccc6c5c4)c4oc5ccccc5c34)n2)cc1. The molecule has 0 atom stereocenters. The monoisotopic (exact) mass is 671 g/mol. The number of benzene rings is 7. The number of para-hydroxylation sites is 2. The van der Waals surface area contributed by atoms with Crippen molar-refractivity contribution in [3.8, 4) is 45.3 Å². The Labute approximate surface area is 295 Å². The molecule has 51 heavy (non-hydrogen) atoms. The summed E-state index contributed by atoms with van der Waals surface area (Å²) in [5.74, 6) is 1.74. The summed E-state index contributed by atoms with van der Waals surface area (Å²) in [5.41, 5.74) is 8.03. The quantitative estimate of drug-likeness (QED) is 0.186. The third-order valence-corrected chi connectivity index (χ3v) is 10.9. The molecule has 0 aliphatic rings. The Hall–Kier alpha value is -6.63. The molecule has 11 aromatic rings. The average Bonchev–Trinajstić information content (AvgIpc) is 3.89. The van der Waals surface area contributed by atoms with Crippen LogP contribution in [-0.4, -0.2) is 15.0 Å². The van der Waals surface area contributed by atoms with E-state index in [0.29, 0.717) is 17.5 Å². The van der Waals surface area contributed by atoms with E-state index in [1.54, 1.807) is 0 Å². The summed E-state index contributed by atoms with van der Waals surface area (Å²) in [5, 5.41) is 6.64. The maximum absolute atomic E-state index is 6.71. The van der Waals surface area contributed by atoms with Crippen LogP contribution in [0.2, 0.25) is 0 Å². The van der Waals surface area contributed by atoms with Gasteiger partial charge in [0.1, 0.15) is 22.3 Å². The second-order valence-corrected chi connectivity index (χ2v) is 13.8. The molecule has 0 aliphatic carbocycles. The van der Waals surface area contributed by atoms with Crippen molar-refractivity contribution in [3.05, 3.63) is 152 Å². The van der Waals surface area contributed by atoms with Gasteiger partial charge in [-0.15, -0.1) is 11.3 Å². The van der Waals surface area contributed by atoms with Gasteiger partial charge in [-0.2, -0.15) is 0 Å². The molecule has 0 N–H and O–H groups in total. The molecular formula is C45H25N3O2S. The zero-order valence-electron chi connectivity index (χ0n) is 27.0. The first kappa shape index (κ1) is 28.2. The Morgan fingerprint density at radius 2 is 1.00 bits per heavy atom. The molecule has 6 heteroatoms. The first-order valence-electron chi connectivity index (χ1n) is 16.8. The standard InChI is InChI=1S/C45H25N3O2S/c1-2-10-26(11-3-1)43-46-44(28-18-20-31-30-12-4-7-15-36(30)49-38(31)25-28)48-45(47-43)34-22-21-29(42-41(34)33-14-5-8-16-37(33)50-42)27-19-23-40-35(24-27)32-13-6-9-17-39(32)51-40/h1-25H. The third kappa shape index (κ3) is 4.43. The molecule has 0 amide bonds. The number of fused-ring (bicyclic) bond motifs is 9. The van der Waals surface area contributed by atoms with E-state index in [9.17, 15) is 0 Å². The average molecular weight is 672 g/mol. The minimum Gasteiger partial charge on any atom is -0.456 e. The molecule has 0 saturated heterocycles. The number of aromatic nitrogens is 3. The Bertz CT molecular complexity index is 3160. The third-order valence-electron chi connectivity index (χ3n) is 9.76. The van der Waals surface area contributed by atoms with Crippen molar-refractivity contribution in [3.63, 3.8) is 0 Å². The van der Waals surface area contributed by atoms with Crippen LogP contribution < -0.4 is 0 Å². The van der Waals surface area contributed by atoms with Gasteiger partial charge < -0.3 is 8.83 Å². The van der Waals surface area contributed by atoms with E-state index < -0.39 is 0 Å². The van der Waals surface area contributed by atoms with Crippen LogP contribution >= 0.6 is 11.3 Å². The molecule has 0 unspecified atom stereocenters. The van der Waals surface area contributed by atoms with Crippen molar-refractivity contribution in [1.29, 1.82) is 0 Å². The van der Waals surface area contributed by atoms with E-state index >= 15 is 0 Å². The Kier molecular flexibility index (Phi) is 6.05. The van der Waals surface area contributed by atoms with E-state index in [2.05, 4.69) is 78.9 Å². The molecule has 0 radical (unpaired) electrons. The molecule has 11 rings (SSSR count). The van der Waals surface area contributed by atoms with E-state index in [1.165, 1.54) is 20.2 Å². The number of thiophene rings is 1. The van der Waals surface area contributed by atoms with Crippen LogP contribution in [0.3, 0.4) is 0 Å². The smallest absolute Gasteiger partial charge is 0.164 e. The van der Waals surface area contributed by atoms with Gasteiger partial charge in [-0.1, -0.05) is 97.1 Å². The fourth-order valence-electron chi connectivity index (χ4n) is 7.34. The van der Waals surface area contributed by atoms with Gasteiger partial charge in [-0.3, -0.25) is 0 Å². The summed E-state index contributed by atoms with van der Waals surface area (Å²) in [6.45, 7) is 0. The van der Waals surface area contributed by atoms with Crippen LogP contribution in [0.15, 0.2) is 160 Å². The zero-order valence-corrected chi connectivity index (χ0v) is 27.8. The first-order chi connectivity index (χ1) is 25.2. The summed E-state index contributed by atoms with van der Waals surface area (Å²) in [7, 11) is 0. The highest BCUT2D eigenvalue weighted by atomic mass is 32.1. The number of hydrogen-bond donors (Lipinski definition) is 0. The Morgan fingerprint density at radius 3 is 1.86 bits per heavy atom. The van der Waals surface area contributed by atoms with Gasteiger partial charge in [0.05, 0.1) is 0 Å². The van der Waals surface area contributed by atoms with Gasteiger partial charge in [0.2, 0.25) is 0 Å². The summed E-state index contributed by atoms with van der Waals surface area (Å²) in [6, 6.07) is 52.1. The summed E-state index contributed by atoms with van der Waals surface area (Å²) >= 11 is 1.82. The normalized spacial score (nSPS) is 11.9. The summed E-state index contributed by atoms with van der Waals surface area (Å²) in [4.78, 5) is 15.3. The largest absolute Gasteiger partial charge is 0.456 e. The molecule has 0 aliphatic heterocycles. The number of furan rings is 2. The lowest BCUT2D eigenvalue weighted by molar-refractivity contribution is 0.669. The van der Waals surface area contributed by atoms with Gasteiger partial charge in [0, 0.05) is 64.0 Å². The lowest BCUT2D eigenvalue weighted by Crippen LogP contribution is -2.00. The lowest BCUT2D eigenvalue weighted by Gasteiger charge is -2.11. The highest BCUT2D eigenvalue weighted by Crippen LogP contribution is 2.43. The molecule has 5 nitrogen and oxygen atoms in total. The second-order valence-electron chi connectivity index (χ2n) is 12.8. The topological polar surface area (TPSA) is 65.0 Å². The Balaban J connectivity index is 1.15. The number of rotatable bonds is 4. The van der Waals surface area contributed by atoms with Crippen LogP contribution in [-0.2, 0) is 0 Å². The molecule has 0 bridgehead atoms. The maximum Gasteiger partial charge on any atom is 0.164 e. The maximum atomic E-state index is 6.71. The van der Waals surface area contributed by atoms with E-state index in [0.717, 1.165) is 71.7 Å². The van der Waals surface area contributed by atoms with Crippen LogP contribution in [0, 0.1) is 0 Å². The van der Waals surface area contributed by atoms with Crippen molar-refractivity contribution in [2.45, 2.75) is 0 Å². The molecular weight excluding hydrogens is 647 g/mol. The second kappa shape index (κ2) is 10.9. The van der Waals surface area contributed by atoms with Gasteiger partial charge >= 0.3 is 0 Å². The predicted octanol–water partition coefficient (Wildman–Crippen LogP) is 12.7. The minimum absolute atomic E-state index is 0.570. The summed E-state index contributed by atoms with van der Waals surface area (Å²) in [6.07, 6.45) is 0. The highest BCUT2D eigenvalue weighted by molar-refractivity contribution is 7.25. The fourth-order valence-corrected chi connectivity index (χ4v) is 8.43. The van der Waals surface area contributed by atoms with E-state index in [4.69, 9.17) is 23.8 Å². The number of nitrogens with zero attached hydrogens (tertiary/aromatic N) is 3. The molecule has 4 aromatic heterocycles. The molecule has 238 valence electrons. The van der Waals surface area contributed by atoms with Gasteiger partial charge in [0.15, 0.2) is 17.5 Å². The zero-order chi connectivity index (χ0) is 33.5. The van der Waals surface area contributed by atoms with Crippen LogP contribution in [0.5, 0.6) is 0 Å². The van der Waals surface area contributed by atoms with E-state index in [1.807, 2.05) is 84.1 Å². The first-order valence-corrected chi connectivity index (χ1v) is 17.7. The molecule has 0 spiro atoms. The van der Waals surface area contributed by atoms with Crippen molar-refractivity contribution >= 4 is 75.4 Å². The van der Waals surface area contributed by atoms with Gasteiger partial charge in [-0.05, 0) is 60.2 Å². The van der Waals surface area contributed by atoms with Crippen molar-refractivity contribution < 1.29 is 8.83 Å². The molecule has 0 saturated carbocycles. The van der Waals surface area contributed by atoms with Gasteiger partial charge in [0.25, 0.3) is 0 Å². The van der Waals surface area contributed by atoms with Crippen molar-refractivity contribution in [2.75, 3.05) is 0 Å². The molecule has 7 aromatic carbocycles. The lowest BCUT2D eigenvalue weighted by atomic mass is 9.97. The van der Waals surface area contributed by atoms with Crippen LogP contribution in [0.4, 0.5) is 0 Å². The van der Waals surface area contributed by atoms with Crippen LogP contribution in [0.25, 0.3) is 109 Å². The van der Waals surface area contributed by atoms with Crippen LogP contribution in [0.1, 0.15) is 0 Å². The highest BCUT2D eigenvalue weighted by Gasteiger charge is 2.21. The predicted molar refractivity (Wildman–Crippen MR) is 209 cm³/mol. The van der Waals surface area contributed by atoms with Crippen molar-refractivity contribution in [1.82, 2.24) is 15.0 Å². The van der Waals surface area contributed by atoms with Gasteiger partial charge in [-0.25, -0.2) is 15.0 Å². The van der Waals surface area contributed by atoms with Crippen molar-refractivity contribution in [2.24, 2.45) is 0 Å². The number of hydrogen-bond acceptors (Lipinski definition) is 6. The molecule has 0 fully saturated rings. The fraction of sp³-hybridized carbons (Fsp3) is 0. The minimum atomic E-state index is 0.570.